The molecule has 1 heterocycles. The molecule has 1 aromatic heterocycles. The predicted octanol–water partition coefficient (Wildman–Crippen LogP) is 1.84. The van der Waals surface area contributed by atoms with Crippen molar-refractivity contribution in [2.45, 2.75) is 17.6 Å². The Morgan fingerprint density at radius 3 is 2.50 bits per heavy atom. The average Bonchev–Trinajstić information content (AvgIpc) is 2.82. The largest absolute Gasteiger partial charge is 0.497 e. The highest BCUT2D eigenvalue weighted by molar-refractivity contribution is 7.90. The van der Waals surface area contributed by atoms with Gasteiger partial charge in [-0.1, -0.05) is 0 Å². The molecule has 0 saturated carbocycles. The van der Waals surface area contributed by atoms with Crippen molar-refractivity contribution < 1.29 is 17.9 Å². The summed E-state index contributed by atoms with van der Waals surface area (Å²) in [7, 11) is -0.667. The van der Waals surface area contributed by atoms with Crippen molar-refractivity contribution in [1.82, 2.24) is 10.2 Å². The van der Waals surface area contributed by atoms with Crippen LogP contribution in [-0.4, -0.2) is 32.8 Å². The molecule has 20 heavy (non-hydrogen) atoms. The molecule has 0 amide bonds. The number of benzene rings is 1. The van der Waals surface area contributed by atoms with E-state index in [1.54, 1.807) is 19.1 Å². The molecule has 0 aliphatic heterocycles. The van der Waals surface area contributed by atoms with E-state index in [1.165, 1.54) is 31.6 Å². The maximum atomic E-state index is 12.5. The van der Waals surface area contributed by atoms with Crippen molar-refractivity contribution in [1.29, 1.82) is 0 Å². The first-order valence-electron chi connectivity index (χ1n) is 5.70. The van der Waals surface area contributed by atoms with E-state index in [4.69, 9.17) is 9.47 Å². The van der Waals surface area contributed by atoms with E-state index in [0.29, 0.717) is 10.8 Å². The molecule has 0 spiro atoms. The van der Waals surface area contributed by atoms with Crippen LogP contribution < -0.4 is 9.47 Å². The minimum absolute atomic E-state index is 0.0900. The molecular formula is C12H14N2O4S2. The third-order valence-electron chi connectivity index (χ3n) is 2.59. The zero-order chi connectivity index (χ0) is 14.8. The molecule has 0 fully saturated rings. The summed E-state index contributed by atoms with van der Waals surface area (Å²) in [5, 5.41) is 8.84. The standard InChI is InChI=1S/C12H14N2O4S2/c1-8-13-14-12(19-8)7-20(15,16)11-6-9(17-2)4-5-10(11)18-3/h4-6H,7H2,1-3H3. The minimum atomic E-state index is -3.57. The van der Waals surface area contributed by atoms with Crippen LogP contribution in [0.1, 0.15) is 10.0 Å². The van der Waals surface area contributed by atoms with Crippen molar-refractivity contribution in [2.75, 3.05) is 14.2 Å². The van der Waals surface area contributed by atoms with Crippen LogP contribution in [0.25, 0.3) is 0 Å². The third kappa shape index (κ3) is 3.07. The first-order chi connectivity index (χ1) is 9.46. The Hall–Kier alpha value is -1.67. The molecule has 0 radical (unpaired) electrons. The number of ether oxygens (including phenoxy) is 2. The number of nitrogens with zero attached hydrogens (tertiary/aromatic N) is 2. The summed E-state index contributed by atoms with van der Waals surface area (Å²) in [6, 6.07) is 4.66. The zero-order valence-corrected chi connectivity index (χ0v) is 12.9. The molecule has 1 aromatic carbocycles. The second-order valence-corrected chi connectivity index (χ2v) is 7.21. The zero-order valence-electron chi connectivity index (χ0n) is 11.3. The van der Waals surface area contributed by atoms with E-state index in [-0.39, 0.29) is 16.4 Å². The smallest absolute Gasteiger partial charge is 0.188 e. The van der Waals surface area contributed by atoms with Gasteiger partial charge in [0.2, 0.25) is 0 Å². The Balaban J connectivity index is 2.42. The SMILES string of the molecule is COc1ccc(OC)c(S(=O)(=O)Cc2nnc(C)s2)c1. The second-order valence-electron chi connectivity index (χ2n) is 3.99. The quantitative estimate of drug-likeness (QED) is 0.838. The lowest BCUT2D eigenvalue weighted by Gasteiger charge is -2.10. The van der Waals surface area contributed by atoms with Crippen molar-refractivity contribution in [2.24, 2.45) is 0 Å². The summed E-state index contributed by atoms with van der Waals surface area (Å²) in [5.74, 6) is 0.534. The lowest BCUT2D eigenvalue weighted by Crippen LogP contribution is -2.07. The fourth-order valence-corrected chi connectivity index (χ4v) is 4.16. The van der Waals surface area contributed by atoms with E-state index in [9.17, 15) is 8.42 Å². The summed E-state index contributed by atoms with van der Waals surface area (Å²) in [4.78, 5) is 0.0900. The molecule has 2 aromatic rings. The fourth-order valence-electron chi connectivity index (χ4n) is 1.66. The van der Waals surface area contributed by atoms with Crippen molar-refractivity contribution >= 4 is 21.2 Å². The Morgan fingerprint density at radius 2 is 1.95 bits per heavy atom. The first kappa shape index (κ1) is 14.7. The molecule has 0 N–H and O–H groups in total. The molecule has 0 atom stereocenters. The Kier molecular flexibility index (Phi) is 4.24. The van der Waals surface area contributed by atoms with E-state index in [1.807, 2.05) is 0 Å². The molecule has 6 nitrogen and oxygen atoms in total. The van der Waals surface area contributed by atoms with Gasteiger partial charge in [-0.15, -0.1) is 21.5 Å². The molecular weight excluding hydrogens is 300 g/mol. The molecule has 0 unspecified atom stereocenters. The van der Waals surface area contributed by atoms with Gasteiger partial charge < -0.3 is 9.47 Å². The molecule has 0 aliphatic carbocycles. The van der Waals surface area contributed by atoms with Crippen LogP contribution in [0, 0.1) is 6.92 Å². The van der Waals surface area contributed by atoms with E-state index in [2.05, 4.69) is 10.2 Å². The maximum Gasteiger partial charge on any atom is 0.188 e. The molecule has 8 heteroatoms. The fraction of sp³-hybridized carbons (Fsp3) is 0.333. The summed E-state index contributed by atoms with van der Waals surface area (Å²) in [5.41, 5.74) is 0. The molecule has 0 bridgehead atoms. The number of methoxy groups -OCH3 is 2. The topological polar surface area (TPSA) is 78.4 Å². The van der Waals surface area contributed by atoms with Crippen LogP contribution in [0.2, 0.25) is 0 Å². The van der Waals surface area contributed by atoms with Crippen molar-refractivity contribution in [3.63, 3.8) is 0 Å². The lowest BCUT2D eigenvalue weighted by molar-refractivity contribution is 0.392. The number of hydrogen-bond acceptors (Lipinski definition) is 7. The van der Waals surface area contributed by atoms with Gasteiger partial charge in [0.1, 0.15) is 32.2 Å². The van der Waals surface area contributed by atoms with E-state index < -0.39 is 9.84 Å². The third-order valence-corrected chi connectivity index (χ3v) is 5.25. The van der Waals surface area contributed by atoms with Gasteiger partial charge in [0.05, 0.1) is 14.2 Å². The number of sulfone groups is 1. The normalized spacial score (nSPS) is 11.3. The number of aromatic nitrogens is 2. The van der Waals surface area contributed by atoms with Crippen LogP contribution in [0.3, 0.4) is 0 Å². The van der Waals surface area contributed by atoms with Gasteiger partial charge in [-0.2, -0.15) is 0 Å². The average molecular weight is 314 g/mol. The molecule has 0 saturated heterocycles. The second kappa shape index (κ2) is 5.76. The van der Waals surface area contributed by atoms with Gasteiger partial charge in [-0.25, -0.2) is 8.42 Å². The van der Waals surface area contributed by atoms with E-state index >= 15 is 0 Å². The summed E-state index contributed by atoms with van der Waals surface area (Å²) >= 11 is 1.26. The Labute approximate surface area is 121 Å². The van der Waals surface area contributed by atoms with Gasteiger partial charge in [0, 0.05) is 6.07 Å². The summed E-state index contributed by atoms with van der Waals surface area (Å²) < 4.78 is 35.1. The number of hydrogen-bond donors (Lipinski definition) is 0. The predicted molar refractivity (Wildman–Crippen MR) is 75.1 cm³/mol. The number of aryl methyl sites for hydroxylation is 1. The van der Waals surface area contributed by atoms with Gasteiger partial charge >= 0.3 is 0 Å². The highest BCUT2D eigenvalue weighted by atomic mass is 32.2. The highest BCUT2D eigenvalue weighted by Gasteiger charge is 2.23. The van der Waals surface area contributed by atoms with Crippen LogP contribution >= 0.6 is 11.3 Å². The van der Waals surface area contributed by atoms with E-state index in [0.717, 1.165) is 5.01 Å². The highest BCUT2D eigenvalue weighted by Crippen LogP contribution is 2.30. The Bertz CT molecular complexity index is 710. The monoisotopic (exact) mass is 314 g/mol. The van der Waals surface area contributed by atoms with Crippen LogP contribution in [0.5, 0.6) is 11.5 Å². The minimum Gasteiger partial charge on any atom is -0.497 e. The van der Waals surface area contributed by atoms with Gasteiger partial charge in [0.25, 0.3) is 0 Å². The van der Waals surface area contributed by atoms with Crippen molar-refractivity contribution in [3.8, 4) is 11.5 Å². The lowest BCUT2D eigenvalue weighted by atomic mass is 10.3. The molecule has 0 aliphatic rings. The van der Waals surface area contributed by atoms with Gasteiger partial charge in [-0.3, -0.25) is 0 Å². The van der Waals surface area contributed by atoms with Crippen molar-refractivity contribution in [3.05, 3.63) is 28.2 Å². The van der Waals surface area contributed by atoms with Crippen LogP contribution in [0.15, 0.2) is 23.1 Å². The Morgan fingerprint density at radius 1 is 1.20 bits per heavy atom. The first-order valence-corrected chi connectivity index (χ1v) is 8.17. The molecule has 2 rings (SSSR count). The van der Waals surface area contributed by atoms with Crippen LogP contribution in [-0.2, 0) is 15.6 Å². The molecule has 108 valence electrons. The van der Waals surface area contributed by atoms with Gasteiger partial charge in [-0.05, 0) is 19.1 Å². The summed E-state index contributed by atoms with van der Waals surface area (Å²) in [6.45, 7) is 1.78. The maximum absolute atomic E-state index is 12.5. The van der Waals surface area contributed by atoms with Crippen LogP contribution in [0.4, 0.5) is 0 Å². The summed E-state index contributed by atoms with van der Waals surface area (Å²) in [6.07, 6.45) is 0. The number of rotatable bonds is 5. The van der Waals surface area contributed by atoms with Gasteiger partial charge in [0.15, 0.2) is 9.84 Å².